The molecule has 7 heteroatoms. The Balaban J connectivity index is 1.54. The quantitative estimate of drug-likeness (QED) is 0.703. The molecule has 2 N–H and O–H groups in total. The number of nitrogens with one attached hydrogen (secondary N) is 2. The summed E-state index contributed by atoms with van der Waals surface area (Å²) in [7, 11) is 0. The van der Waals surface area contributed by atoms with Gasteiger partial charge in [-0.3, -0.25) is 14.8 Å². The van der Waals surface area contributed by atoms with Crippen LogP contribution >= 0.6 is 0 Å². The van der Waals surface area contributed by atoms with Crippen molar-refractivity contribution < 1.29 is 4.42 Å². The molecule has 3 saturated heterocycles. The van der Waals surface area contributed by atoms with Crippen LogP contribution in [0.4, 0.5) is 0 Å². The lowest BCUT2D eigenvalue weighted by atomic mass is 9.83. The van der Waals surface area contributed by atoms with Crippen molar-refractivity contribution in [2.45, 2.75) is 44.6 Å². The molecule has 6 heterocycles. The summed E-state index contributed by atoms with van der Waals surface area (Å²) < 4.78 is 6.01. The molecule has 0 spiro atoms. The van der Waals surface area contributed by atoms with E-state index < -0.39 is 0 Å². The Kier molecular flexibility index (Phi) is 3.00. The van der Waals surface area contributed by atoms with E-state index in [0.717, 1.165) is 78.6 Å². The average molecular weight is 351 g/mol. The maximum atomic E-state index is 12.8. The van der Waals surface area contributed by atoms with Crippen LogP contribution in [0.2, 0.25) is 0 Å². The normalized spacial score (nSPS) is 27.3. The number of H-pyrrole nitrogens is 2. The third kappa shape index (κ3) is 2.00. The van der Waals surface area contributed by atoms with Gasteiger partial charge >= 0.3 is 0 Å². The Morgan fingerprint density at radius 3 is 2.92 bits per heavy atom. The van der Waals surface area contributed by atoms with Crippen molar-refractivity contribution >= 4 is 11.1 Å². The first-order chi connectivity index (χ1) is 12.8. The Labute approximate surface area is 149 Å². The van der Waals surface area contributed by atoms with Gasteiger partial charge in [-0.25, -0.2) is 4.98 Å². The minimum atomic E-state index is -0.161. The molecule has 3 aliphatic heterocycles. The summed E-state index contributed by atoms with van der Waals surface area (Å²) in [6, 6.07) is 0.236. The van der Waals surface area contributed by atoms with E-state index in [-0.39, 0.29) is 11.6 Å². The van der Waals surface area contributed by atoms with E-state index in [2.05, 4.69) is 20.1 Å². The van der Waals surface area contributed by atoms with Gasteiger partial charge in [0.1, 0.15) is 17.1 Å². The second-order valence-electron chi connectivity index (χ2n) is 7.89. The molecule has 134 valence electrons. The molecule has 2 bridgehead atoms. The van der Waals surface area contributed by atoms with Crippen LogP contribution in [-0.4, -0.2) is 38.2 Å². The number of aromatic amines is 2. The summed E-state index contributed by atoms with van der Waals surface area (Å²) in [5.74, 6) is 2.34. The summed E-state index contributed by atoms with van der Waals surface area (Å²) >= 11 is 0. The van der Waals surface area contributed by atoms with Crippen molar-refractivity contribution in [3.05, 3.63) is 33.6 Å². The predicted molar refractivity (Wildman–Crippen MR) is 95.9 cm³/mol. The van der Waals surface area contributed by atoms with Crippen LogP contribution in [0.25, 0.3) is 22.4 Å². The van der Waals surface area contributed by atoms with Crippen molar-refractivity contribution in [2.24, 2.45) is 5.92 Å². The molecule has 4 aliphatic rings. The minimum Gasteiger partial charge on any atom is -0.448 e. The largest absolute Gasteiger partial charge is 0.448 e. The molecule has 3 aromatic heterocycles. The van der Waals surface area contributed by atoms with E-state index in [9.17, 15) is 4.79 Å². The number of piperidine rings is 3. The molecule has 0 amide bonds. The fourth-order valence-electron chi connectivity index (χ4n) is 5.05. The lowest BCUT2D eigenvalue weighted by Gasteiger charge is -2.44. The summed E-state index contributed by atoms with van der Waals surface area (Å²) in [5.41, 5.74) is 4.04. The number of nitrogens with zero attached hydrogens (tertiary/aromatic N) is 3. The Morgan fingerprint density at radius 1 is 1.23 bits per heavy atom. The molecule has 3 aromatic rings. The summed E-state index contributed by atoms with van der Waals surface area (Å²) in [5, 5.41) is 7.21. The van der Waals surface area contributed by atoms with Crippen LogP contribution in [0.3, 0.4) is 0 Å². The monoisotopic (exact) mass is 351 g/mol. The van der Waals surface area contributed by atoms with Gasteiger partial charge in [-0.15, -0.1) is 0 Å². The Bertz CT molecular complexity index is 1050. The van der Waals surface area contributed by atoms with Gasteiger partial charge in [0, 0.05) is 11.3 Å². The second kappa shape index (κ2) is 5.30. The number of hydrogen-bond donors (Lipinski definition) is 2. The lowest BCUT2D eigenvalue weighted by molar-refractivity contribution is 0.0445. The van der Waals surface area contributed by atoms with Crippen molar-refractivity contribution in [2.75, 3.05) is 13.1 Å². The number of fused-ring (bicyclic) bond motifs is 8. The van der Waals surface area contributed by atoms with Gasteiger partial charge in [0.15, 0.2) is 0 Å². The van der Waals surface area contributed by atoms with Gasteiger partial charge in [0.05, 0.1) is 17.8 Å². The van der Waals surface area contributed by atoms with Crippen molar-refractivity contribution in [3.8, 4) is 11.3 Å². The van der Waals surface area contributed by atoms with E-state index in [0.29, 0.717) is 5.58 Å². The highest BCUT2D eigenvalue weighted by molar-refractivity contribution is 5.85. The van der Waals surface area contributed by atoms with Crippen LogP contribution in [-0.2, 0) is 12.8 Å². The topological polar surface area (TPSA) is 90.8 Å². The van der Waals surface area contributed by atoms with Crippen LogP contribution < -0.4 is 5.56 Å². The lowest BCUT2D eigenvalue weighted by Crippen LogP contribution is -2.44. The van der Waals surface area contributed by atoms with Gasteiger partial charge in [0.2, 0.25) is 5.58 Å². The highest BCUT2D eigenvalue weighted by Gasteiger charge is 2.36. The molecular weight excluding hydrogens is 330 g/mol. The van der Waals surface area contributed by atoms with E-state index in [1.807, 2.05) is 0 Å². The zero-order valence-corrected chi connectivity index (χ0v) is 14.5. The highest BCUT2D eigenvalue weighted by atomic mass is 16.3. The first-order valence-electron chi connectivity index (χ1n) is 9.60. The number of rotatable bonds is 1. The maximum Gasteiger partial charge on any atom is 0.294 e. The first-order valence-corrected chi connectivity index (χ1v) is 9.60. The average Bonchev–Trinajstić information content (AvgIpc) is 3.24. The molecule has 0 saturated carbocycles. The summed E-state index contributed by atoms with van der Waals surface area (Å²) in [4.78, 5) is 23.2. The highest BCUT2D eigenvalue weighted by Crippen LogP contribution is 2.40. The van der Waals surface area contributed by atoms with Crippen LogP contribution in [0.5, 0.6) is 0 Å². The van der Waals surface area contributed by atoms with Gasteiger partial charge in [-0.2, -0.15) is 5.10 Å². The number of furan rings is 1. The fraction of sp³-hybridized carbons (Fsp3) is 0.526. The first kappa shape index (κ1) is 14.7. The number of aryl methyl sites for hydroxylation is 2. The second-order valence-corrected chi connectivity index (χ2v) is 7.89. The molecule has 3 fully saturated rings. The van der Waals surface area contributed by atoms with E-state index in [1.54, 1.807) is 6.20 Å². The molecule has 7 nitrogen and oxygen atoms in total. The molecule has 1 aliphatic carbocycles. The van der Waals surface area contributed by atoms with Crippen molar-refractivity contribution in [1.29, 1.82) is 0 Å². The van der Waals surface area contributed by atoms with Gasteiger partial charge in [0.25, 0.3) is 5.56 Å². The molecule has 26 heavy (non-hydrogen) atoms. The predicted octanol–water partition coefficient (Wildman–Crippen LogP) is 2.55. The standard InChI is InChI=1S/C19H21N5O2/c25-19-17-15(11-2-1-3-13-12(9-20-23-13)16(11)26-17)21-18(22-19)14-8-10-4-6-24(14)7-5-10/h9-10,14H,1-8H2,(H,20,23)(H,21,22,25). The number of aromatic nitrogens is 4. The Hall–Kier alpha value is -2.41. The molecule has 0 radical (unpaired) electrons. The molecule has 7 rings (SSSR count). The summed E-state index contributed by atoms with van der Waals surface area (Å²) in [6.07, 6.45) is 8.25. The SMILES string of the molecule is O=c1[nH]c(C2CC3CCN2CC3)nc2c3c(oc12)-c1cn[nH]c1CCC3. The van der Waals surface area contributed by atoms with E-state index >= 15 is 0 Å². The maximum absolute atomic E-state index is 12.8. The molecule has 1 atom stereocenters. The smallest absolute Gasteiger partial charge is 0.294 e. The number of hydrogen-bond acceptors (Lipinski definition) is 5. The molecule has 1 unspecified atom stereocenters. The third-order valence-electron chi connectivity index (χ3n) is 6.44. The fourth-order valence-corrected chi connectivity index (χ4v) is 5.05. The van der Waals surface area contributed by atoms with Crippen LogP contribution in [0.15, 0.2) is 15.4 Å². The van der Waals surface area contributed by atoms with Crippen molar-refractivity contribution in [3.63, 3.8) is 0 Å². The molecular formula is C19H21N5O2. The third-order valence-corrected chi connectivity index (χ3v) is 6.44. The van der Waals surface area contributed by atoms with Crippen LogP contribution in [0.1, 0.15) is 48.8 Å². The summed E-state index contributed by atoms with van der Waals surface area (Å²) in [6.45, 7) is 2.22. The van der Waals surface area contributed by atoms with Crippen molar-refractivity contribution in [1.82, 2.24) is 25.1 Å². The van der Waals surface area contributed by atoms with E-state index in [1.165, 1.54) is 12.8 Å². The Morgan fingerprint density at radius 2 is 2.12 bits per heavy atom. The van der Waals surface area contributed by atoms with E-state index in [4.69, 9.17) is 9.40 Å². The zero-order chi connectivity index (χ0) is 17.3. The molecule has 0 aromatic carbocycles. The minimum absolute atomic E-state index is 0.161. The van der Waals surface area contributed by atoms with Gasteiger partial charge < -0.3 is 9.40 Å². The van der Waals surface area contributed by atoms with Crippen LogP contribution in [0, 0.1) is 5.92 Å². The van der Waals surface area contributed by atoms with Gasteiger partial charge in [-0.05, 0) is 57.5 Å². The zero-order valence-electron chi connectivity index (χ0n) is 14.5. The van der Waals surface area contributed by atoms with Gasteiger partial charge in [-0.1, -0.05) is 0 Å².